The summed E-state index contributed by atoms with van der Waals surface area (Å²) in [5.74, 6) is -0.889. The lowest BCUT2D eigenvalue weighted by Crippen LogP contribution is -2.45. The standard InChI is InChI=1S/C13H24N2O3/c1-5-7-8-9-15(4)12(18)14-10-13(3,6-2)11(16)17/h5H,1,6-10H2,2-4H3,(H,14,18)(H,16,17). The highest BCUT2D eigenvalue weighted by Gasteiger charge is 2.31. The quantitative estimate of drug-likeness (QED) is 0.516. The molecular formula is C13H24N2O3. The molecule has 0 saturated carbocycles. The summed E-state index contributed by atoms with van der Waals surface area (Å²) in [6.45, 7) is 7.82. The third-order valence-electron chi connectivity index (χ3n) is 3.17. The molecule has 5 heteroatoms. The highest BCUT2D eigenvalue weighted by molar-refractivity contribution is 5.77. The van der Waals surface area contributed by atoms with Crippen LogP contribution in [0.4, 0.5) is 4.79 Å². The Hall–Kier alpha value is -1.52. The van der Waals surface area contributed by atoms with Crippen molar-refractivity contribution in [1.82, 2.24) is 10.2 Å². The van der Waals surface area contributed by atoms with E-state index < -0.39 is 11.4 Å². The summed E-state index contributed by atoms with van der Waals surface area (Å²) in [5, 5.41) is 11.7. The first-order chi connectivity index (χ1) is 8.37. The Balaban J connectivity index is 4.15. The molecule has 1 atom stereocenters. The number of hydrogen-bond acceptors (Lipinski definition) is 2. The van der Waals surface area contributed by atoms with E-state index in [4.69, 9.17) is 5.11 Å². The van der Waals surface area contributed by atoms with Gasteiger partial charge in [0.25, 0.3) is 0 Å². The molecule has 104 valence electrons. The molecule has 0 aliphatic heterocycles. The van der Waals surface area contributed by atoms with Gasteiger partial charge in [0.05, 0.1) is 5.41 Å². The molecular weight excluding hydrogens is 232 g/mol. The van der Waals surface area contributed by atoms with E-state index in [0.29, 0.717) is 13.0 Å². The van der Waals surface area contributed by atoms with Crippen molar-refractivity contribution in [2.75, 3.05) is 20.1 Å². The van der Waals surface area contributed by atoms with Crippen LogP contribution in [0.5, 0.6) is 0 Å². The number of nitrogens with zero attached hydrogens (tertiary/aromatic N) is 1. The molecule has 18 heavy (non-hydrogen) atoms. The van der Waals surface area contributed by atoms with E-state index in [1.807, 2.05) is 6.08 Å². The zero-order valence-electron chi connectivity index (χ0n) is 11.5. The fourth-order valence-corrected chi connectivity index (χ4v) is 1.33. The van der Waals surface area contributed by atoms with Crippen LogP contribution in [0.15, 0.2) is 12.7 Å². The van der Waals surface area contributed by atoms with Crippen molar-refractivity contribution in [3.05, 3.63) is 12.7 Å². The molecule has 0 rings (SSSR count). The second kappa shape index (κ2) is 7.74. The zero-order valence-corrected chi connectivity index (χ0v) is 11.5. The van der Waals surface area contributed by atoms with Crippen molar-refractivity contribution >= 4 is 12.0 Å². The Kier molecular flexibility index (Phi) is 7.08. The fraction of sp³-hybridized carbons (Fsp3) is 0.692. The summed E-state index contributed by atoms with van der Waals surface area (Å²) in [6, 6.07) is -0.236. The lowest BCUT2D eigenvalue weighted by molar-refractivity contribution is -0.147. The number of carboxylic acids is 1. The molecule has 0 heterocycles. The number of aliphatic carboxylic acids is 1. The molecule has 2 N–H and O–H groups in total. The molecule has 2 amide bonds. The van der Waals surface area contributed by atoms with Gasteiger partial charge in [0.1, 0.15) is 0 Å². The number of carboxylic acid groups (broad SMARTS) is 1. The molecule has 0 aliphatic rings. The Labute approximate surface area is 109 Å². The number of carbonyl (C=O) groups excluding carboxylic acids is 1. The molecule has 0 aliphatic carbocycles. The lowest BCUT2D eigenvalue weighted by Gasteiger charge is -2.25. The van der Waals surface area contributed by atoms with Crippen LogP contribution in [-0.2, 0) is 4.79 Å². The Morgan fingerprint density at radius 1 is 1.50 bits per heavy atom. The molecule has 0 saturated heterocycles. The van der Waals surface area contributed by atoms with Gasteiger partial charge in [-0.05, 0) is 26.2 Å². The Morgan fingerprint density at radius 2 is 2.11 bits per heavy atom. The summed E-state index contributed by atoms with van der Waals surface area (Å²) in [6.07, 6.45) is 4.00. The Bertz CT molecular complexity index is 305. The molecule has 0 aromatic heterocycles. The van der Waals surface area contributed by atoms with E-state index in [0.717, 1.165) is 12.8 Å². The van der Waals surface area contributed by atoms with Gasteiger partial charge < -0.3 is 15.3 Å². The van der Waals surface area contributed by atoms with Crippen molar-refractivity contribution in [1.29, 1.82) is 0 Å². The topological polar surface area (TPSA) is 69.6 Å². The molecule has 0 fully saturated rings. The van der Waals surface area contributed by atoms with Gasteiger partial charge >= 0.3 is 12.0 Å². The molecule has 0 bridgehead atoms. The van der Waals surface area contributed by atoms with E-state index in [9.17, 15) is 9.59 Å². The first-order valence-corrected chi connectivity index (χ1v) is 6.20. The second-order valence-electron chi connectivity index (χ2n) is 4.73. The highest BCUT2D eigenvalue weighted by Crippen LogP contribution is 2.19. The maximum atomic E-state index is 11.7. The number of amides is 2. The van der Waals surface area contributed by atoms with Crippen LogP contribution in [0.2, 0.25) is 0 Å². The van der Waals surface area contributed by atoms with Crippen molar-refractivity contribution in [3.63, 3.8) is 0 Å². The first kappa shape index (κ1) is 16.5. The van der Waals surface area contributed by atoms with Crippen molar-refractivity contribution in [2.45, 2.75) is 33.1 Å². The van der Waals surface area contributed by atoms with E-state index >= 15 is 0 Å². The van der Waals surface area contributed by atoms with Gasteiger partial charge in [-0.15, -0.1) is 6.58 Å². The second-order valence-corrected chi connectivity index (χ2v) is 4.73. The largest absolute Gasteiger partial charge is 0.481 e. The third-order valence-corrected chi connectivity index (χ3v) is 3.17. The minimum Gasteiger partial charge on any atom is -0.481 e. The van der Waals surface area contributed by atoms with E-state index in [-0.39, 0.29) is 12.6 Å². The summed E-state index contributed by atoms with van der Waals surface area (Å²) in [4.78, 5) is 24.3. The van der Waals surface area contributed by atoms with Gasteiger partial charge in [0.2, 0.25) is 0 Å². The smallest absolute Gasteiger partial charge is 0.317 e. The molecule has 0 aromatic carbocycles. The monoisotopic (exact) mass is 256 g/mol. The molecule has 0 aromatic rings. The van der Waals surface area contributed by atoms with Gasteiger partial charge in [-0.2, -0.15) is 0 Å². The predicted octanol–water partition coefficient (Wildman–Crippen LogP) is 2.09. The van der Waals surface area contributed by atoms with Crippen LogP contribution in [0.25, 0.3) is 0 Å². The van der Waals surface area contributed by atoms with Crippen LogP contribution in [0.1, 0.15) is 33.1 Å². The van der Waals surface area contributed by atoms with Gasteiger partial charge in [-0.3, -0.25) is 4.79 Å². The third kappa shape index (κ3) is 5.21. The van der Waals surface area contributed by atoms with Crippen LogP contribution in [-0.4, -0.2) is 42.1 Å². The van der Waals surface area contributed by atoms with E-state index in [2.05, 4.69) is 11.9 Å². The first-order valence-electron chi connectivity index (χ1n) is 6.20. The van der Waals surface area contributed by atoms with Crippen LogP contribution < -0.4 is 5.32 Å². The summed E-state index contributed by atoms with van der Waals surface area (Å²) in [5.41, 5.74) is -0.905. The Morgan fingerprint density at radius 3 is 2.56 bits per heavy atom. The van der Waals surface area contributed by atoms with Gasteiger partial charge in [-0.25, -0.2) is 4.79 Å². The fourth-order valence-electron chi connectivity index (χ4n) is 1.33. The average Bonchev–Trinajstić information content (AvgIpc) is 2.35. The minimum atomic E-state index is -0.905. The number of unbranched alkanes of at least 4 members (excludes halogenated alkanes) is 1. The number of carbonyl (C=O) groups is 2. The number of allylic oxidation sites excluding steroid dienone is 1. The van der Waals surface area contributed by atoms with Crippen molar-refractivity contribution in [2.24, 2.45) is 5.41 Å². The zero-order chi connectivity index (χ0) is 14.2. The van der Waals surface area contributed by atoms with E-state index in [1.54, 1.807) is 25.8 Å². The SMILES string of the molecule is C=CCCCN(C)C(=O)NCC(C)(CC)C(=O)O. The summed E-state index contributed by atoms with van der Waals surface area (Å²) < 4.78 is 0. The van der Waals surface area contributed by atoms with Crippen molar-refractivity contribution < 1.29 is 14.7 Å². The maximum absolute atomic E-state index is 11.7. The van der Waals surface area contributed by atoms with E-state index in [1.165, 1.54) is 0 Å². The van der Waals surface area contributed by atoms with Gasteiger partial charge in [0.15, 0.2) is 0 Å². The maximum Gasteiger partial charge on any atom is 0.317 e. The van der Waals surface area contributed by atoms with Crippen LogP contribution >= 0.6 is 0 Å². The van der Waals surface area contributed by atoms with Gasteiger partial charge in [0, 0.05) is 20.1 Å². The van der Waals surface area contributed by atoms with Crippen LogP contribution in [0, 0.1) is 5.41 Å². The number of rotatable bonds is 8. The summed E-state index contributed by atoms with van der Waals surface area (Å²) in [7, 11) is 1.70. The summed E-state index contributed by atoms with van der Waals surface area (Å²) >= 11 is 0. The number of urea groups is 1. The van der Waals surface area contributed by atoms with Crippen molar-refractivity contribution in [3.8, 4) is 0 Å². The molecule has 5 nitrogen and oxygen atoms in total. The average molecular weight is 256 g/mol. The van der Waals surface area contributed by atoms with Crippen LogP contribution in [0.3, 0.4) is 0 Å². The molecule has 0 radical (unpaired) electrons. The normalized spacial score (nSPS) is 13.5. The molecule has 1 unspecified atom stereocenters. The molecule has 0 spiro atoms. The minimum absolute atomic E-state index is 0.142. The van der Waals surface area contributed by atoms with Gasteiger partial charge in [-0.1, -0.05) is 13.0 Å². The highest BCUT2D eigenvalue weighted by atomic mass is 16.4. The number of nitrogens with one attached hydrogen (secondary N) is 1. The number of hydrogen-bond donors (Lipinski definition) is 2. The predicted molar refractivity (Wildman–Crippen MR) is 71.5 cm³/mol. The lowest BCUT2D eigenvalue weighted by atomic mass is 9.88.